The van der Waals surface area contributed by atoms with Gasteiger partial charge in [0, 0.05) is 23.7 Å². The molecule has 5 atom stereocenters. The predicted molar refractivity (Wildman–Crippen MR) is 157 cm³/mol. The van der Waals surface area contributed by atoms with Gasteiger partial charge >= 0.3 is 0 Å². The molecule has 2 heterocycles. The molecule has 0 aromatic heterocycles. The van der Waals surface area contributed by atoms with E-state index in [2.05, 4.69) is 21.4 Å². The van der Waals surface area contributed by atoms with Crippen molar-refractivity contribution in [3.63, 3.8) is 0 Å². The molecule has 1 aliphatic carbocycles. The van der Waals surface area contributed by atoms with Crippen LogP contribution in [0.3, 0.4) is 0 Å². The van der Waals surface area contributed by atoms with Gasteiger partial charge in [0.1, 0.15) is 5.75 Å². The Morgan fingerprint density at radius 1 is 1.10 bits per heavy atom. The maximum atomic E-state index is 13.2. The third kappa shape index (κ3) is 6.53. The number of carbonyl (C=O) groups excluding carboxylic acids is 1. The number of benzene rings is 2. The van der Waals surface area contributed by atoms with Crippen molar-refractivity contribution in [2.45, 2.75) is 70.3 Å². The summed E-state index contributed by atoms with van der Waals surface area (Å²) in [5, 5.41) is 11.5. The first kappa shape index (κ1) is 28.2. The maximum absolute atomic E-state index is 13.2. The molecule has 3 aliphatic rings. The fraction of sp³-hybridized carbons (Fsp3) is 0.516. The fourth-order valence-electron chi connectivity index (χ4n) is 5.79. The van der Waals surface area contributed by atoms with Crippen LogP contribution in [0, 0.1) is 17.8 Å². The highest BCUT2D eigenvalue weighted by molar-refractivity contribution is 7.75. The second-order valence-corrected chi connectivity index (χ2v) is 13.2. The van der Waals surface area contributed by atoms with Gasteiger partial charge in [-0.15, -0.1) is 0 Å². The molecule has 0 radical (unpaired) electrons. The van der Waals surface area contributed by atoms with Crippen molar-refractivity contribution in [3.05, 3.63) is 70.3 Å². The van der Waals surface area contributed by atoms with Crippen LogP contribution in [-0.2, 0) is 27.8 Å². The van der Waals surface area contributed by atoms with Gasteiger partial charge in [-0.05, 0) is 91.8 Å². The molecule has 2 aliphatic heterocycles. The molecule has 1 N–H and O–H groups in total. The van der Waals surface area contributed by atoms with Gasteiger partial charge < -0.3 is 23.3 Å². The number of allylic oxidation sites excluding steroid dienone is 1. The summed E-state index contributed by atoms with van der Waals surface area (Å²) in [5.74, 6) is 0.781. The number of ether oxygens (including phenoxy) is 1. The first-order valence-corrected chi connectivity index (χ1v) is 15.7. The van der Waals surface area contributed by atoms with Crippen LogP contribution >= 0.6 is 11.6 Å². The number of aliphatic hydroxyl groups excluding tert-OH is 1. The summed E-state index contributed by atoms with van der Waals surface area (Å²) in [6.07, 6.45) is 8.88. The molecule has 2 aromatic rings. The number of amides is 1. The standard InChI is InChI=1S/C31H38ClN2O4S/c1-20-6-5-8-29(35)27-13-10-25(27)19-34-18-24-9-12-26(32)16-22(24)7-3-4-15-38-30-14-11-23(17-28(30)34)31(36)33-39(37)21(20)2/h5,8-9,11-12,14,16-17,20-21,25,27,29,35H,3-4,6-7,10,13,15,18-19H2,1-2H3/q-1. The van der Waals surface area contributed by atoms with E-state index in [9.17, 15) is 14.1 Å². The number of hydrogen-bond acceptors (Lipinski definition) is 6. The Hall–Kier alpha value is -2.35. The monoisotopic (exact) mass is 569 g/mol. The minimum absolute atomic E-state index is 0.0563. The summed E-state index contributed by atoms with van der Waals surface area (Å²) in [6.45, 7) is 5.80. The minimum atomic E-state index is -1.66. The van der Waals surface area contributed by atoms with Crippen LogP contribution in [0.4, 0.5) is 5.69 Å². The van der Waals surface area contributed by atoms with Gasteiger partial charge in [-0.25, -0.2) is 0 Å². The van der Waals surface area contributed by atoms with E-state index in [-0.39, 0.29) is 17.1 Å². The number of carbonyl (C=O) groups is 1. The van der Waals surface area contributed by atoms with Crippen LogP contribution in [0.5, 0.6) is 5.75 Å². The lowest BCUT2D eigenvalue weighted by Gasteiger charge is -2.42. The smallest absolute Gasteiger partial charge is 0.254 e. The summed E-state index contributed by atoms with van der Waals surface area (Å²) in [5.41, 5.74) is 3.66. The third-order valence-corrected chi connectivity index (χ3v) is 10.4. The lowest BCUT2D eigenvalue weighted by atomic mass is 9.70. The molecule has 6 nitrogen and oxygen atoms in total. The van der Waals surface area contributed by atoms with Crippen molar-refractivity contribution >= 4 is 33.8 Å². The molecule has 2 bridgehead atoms. The molecular weight excluding hydrogens is 532 g/mol. The van der Waals surface area contributed by atoms with Crippen LogP contribution in [0.25, 0.3) is 0 Å². The number of hydrogen-bond donors (Lipinski definition) is 1. The SMILES string of the molecule is CC1CC=CC(O)C2CCC2CN2Cc3ccc(Cl)cc3CCCCOc3ccc(cc32)C(=O)N=[S-](=O)C1C. The largest absolute Gasteiger partial charge is 0.491 e. The molecule has 210 valence electrons. The summed E-state index contributed by atoms with van der Waals surface area (Å²) < 4.78 is 23.3. The van der Waals surface area contributed by atoms with Crippen molar-refractivity contribution in [1.29, 1.82) is 0 Å². The van der Waals surface area contributed by atoms with E-state index in [0.29, 0.717) is 31.1 Å². The normalized spacial score (nSPS) is 28.7. The van der Waals surface area contributed by atoms with Gasteiger partial charge in [0.25, 0.3) is 5.91 Å². The van der Waals surface area contributed by atoms with E-state index in [1.807, 2.05) is 44.2 Å². The Kier molecular flexibility index (Phi) is 8.99. The van der Waals surface area contributed by atoms with Crippen molar-refractivity contribution in [2.24, 2.45) is 22.1 Å². The molecule has 1 fully saturated rings. The summed E-state index contributed by atoms with van der Waals surface area (Å²) in [6, 6.07) is 11.5. The van der Waals surface area contributed by atoms with Crippen LogP contribution in [0.2, 0.25) is 5.02 Å². The second-order valence-electron chi connectivity index (χ2n) is 11.3. The zero-order valence-electron chi connectivity index (χ0n) is 22.7. The van der Waals surface area contributed by atoms with Gasteiger partial charge in [0.05, 0.1) is 18.4 Å². The number of fused-ring (bicyclic) bond motifs is 3. The zero-order chi connectivity index (χ0) is 27.5. The van der Waals surface area contributed by atoms with E-state index >= 15 is 0 Å². The van der Waals surface area contributed by atoms with Crippen LogP contribution in [0.15, 0.2) is 52.9 Å². The number of halogens is 1. The summed E-state index contributed by atoms with van der Waals surface area (Å²) in [4.78, 5) is 15.5. The van der Waals surface area contributed by atoms with Gasteiger partial charge in [0.15, 0.2) is 0 Å². The lowest BCUT2D eigenvalue weighted by molar-refractivity contribution is 0.0459. The Morgan fingerprint density at radius 2 is 1.95 bits per heavy atom. The van der Waals surface area contributed by atoms with E-state index in [1.165, 1.54) is 11.1 Å². The average Bonchev–Trinajstić information content (AvgIpc) is 2.92. The molecule has 0 spiro atoms. The van der Waals surface area contributed by atoms with Crippen molar-refractivity contribution in [2.75, 3.05) is 18.1 Å². The third-order valence-electron chi connectivity index (χ3n) is 8.68. The molecule has 39 heavy (non-hydrogen) atoms. The minimum Gasteiger partial charge on any atom is -0.491 e. The van der Waals surface area contributed by atoms with E-state index < -0.39 is 22.6 Å². The van der Waals surface area contributed by atoms with Crippen molar-refractivity contribution in [3.8, 4) is 5.75 Å². The number of nitrogens with zero attached hydrogens (tertiary/aromatic N) is 2. The predicted octanol–water partition coefficient (Wildman–Crippen LogP) is 6.72. The molecule has 5 unspecified atom stereocenters. The van der Waals surface area contributed by atoms with Crippen LogP contribution in [0.1, 0.15) is 67.4 Å². The van der Waals surface area contributed by atoms with Gasteiger partial charge in [0.2, 0.25) is 0 Å². The van der Waals surface area contributed by atoms with Gasteiger partial charge in [-0.3, -0.25) is 4.79 Å². The molecule has 2 aromatic carbocycles. The van der Waals surface area contributed by atoms with E-state index in [4.69, 9.17) is 16.3 Å². The lowest BCUT2D eigenvalue weighted by Crippen LogP contribution is -2.43. The molecule has 8 heteroatoms. The molecular formula is C31H38ClN2O4S-. The van der Waals surface area contributed by atoms with Gasteiger partial charge in [-0.1, -0.05) is 54.8 Å². The Bertz CT molecular complexity index is 1320. The van der Waals surface area contributed by atoms with E-state index in [0.717, 1.165) is 55.1 Å². The van der Waals surface area contributed by atoms with Crippen LogP contribution < -0.4 is 9.64 Å². The number of aryl methyl sites for hydroxylation is 1. The first-order chi connectivity index (χ1) is 18.8. The highest BCUT2D eigenvalue weighted by atomic mass is 35.5. The molecule has 1 saturated carbocycles. The zero-order valence-corrected chi connectivity index (χ0v) is 24.3. The van der Waals surface area contributed by atoms with Crippen molar-refractivity contribution < 1.29 is 18.8 Å². The summed E-state index contributed by atoms with van der Waals surface area (Å²) >= 11 is 6.38. The summed E-state index contributed by atoms with van der Waals surface area (Å²) in [7, 11) is -1.66. The Balaban J connectivity index is 1.61. The van der Waals surface area contributed by atoms with Crippen LogP contribution in [-0.4, -0.2) is 35.5 Å². The van der Waals surface area contributed by atoms with Crippen molar-refractivity contribution in [1.82, 2.24) is 0 Å². The number of anilines is 1. The second kappa shape index (κ2) is 12.4. The molecule has 1 amide bonds. The molecule has 0 saturated heterocycles. The number of aliphatic hydroxyl groups is 1. The average molecular weight is 570 g/mol. The fourth-order valence-corrected chi connectivity index (χ4v) is 6.93. The number of rotatable bonds is 0. The Morgan fingerprint density at radius 3 is 2.74 bits per heavy atom. The highest BCUT2D eigenvalue weighted by Gasteiger charge is 2.37. The molecule has 5 rings (SSSR count). The highest BCUT2D eigenvalue weighted by Crippen LogP contribution is 2.41. The quantitative estimate of drug-likeness (QED) is 0.281. The maximum Gasteiger partial charge on any atom is 0.254 e. The first-order valence-electron chi connectivity index (χ1n) is 14.1. The Labute approximate surface area is 238 Å². The topological polar surface area (TPSA) is 79.2 Å². The van der Waals surface area contributed by atoms with Gasteiger partial charge in [-0.2, -0.15) is 10.6 Å². The van der Waals surface area contributed by atoms with E-state index in [1.54, 1.807) is 6.07 Å².